The van der Waals surface area contributed by atoms with Gasteiger partial charge in [0.1, 0.15) is 6.61 Å². The fraction of sp³-hybridized carbons (Fsp3) is 0.400. The molecule has 0 atom stereocenters. The number of hydrogen-bond donors (Lipinski definition) is 1. The molecule has 1 aliphatic carbocycles. The number of carbonyl (C=O) groups excluding carboxylic acids is 1. The summed E-state index contributed by atoms with van der Waals surface area (Å²) in [7, 11) is 1.56. The number of nitrogens with zero attached hydrogens (tertiary/aromatic N) is 2. The number of anilines is 2. The molecule has 6 nitrogen and oxygen atoms in total. The Hall–Kier alpha value is -2.99. The van der Waals surface area contributed by atoms with Crippen LogP contribution in [0.4, 0.5) is 11.4 Å². The van der Waals surface area contributed by atoms with Crippen molar-refractivity contribution in [2.75, 3.05) is 56.7 Å². The summed E-state index contributed by atoms with van der Waals surface area (Å²) < 4.78 is 10.9. The van der Waals surface area contributed by atoms with Crippen LogP contribution in [0.1, 0.15) is 23.2 Å². The molecule has 2 aliphatic rings. The van der Waals surface area contributed by atoms with Crippen molar-refractivity contribution >= 4 is 17.3 Å². The molecular weight excluding hydrogens is 390 g/mol. The van der Waals surface area contributed by atoms with E-state index in [0.717, 1.165) is 43.5 Å². The van der Waals surface area contributed by atoms with Crippen LogP contribution in [0.3, 0.4) is 0 Å². The zero-order valence-corrected chi connectivity index (χ0v) is 18.2. The fourth-order valence-electron chi connectivity index (χ4n) is 3.91. The van der Waals surface area contributed by atoms with E-state index in [1.165, 1.54) is 19.4 Å². The summed E-state index contributed by atoms with van der Waals surface area (Å²) in [6.45, 7) is 9.53. The third kappa shape index (κ3) is 5.58. The van der Waals surface area contributed by atoms with E-state index < -0.39 is 0 Å². The molecular formula is C25H31N3O3. The van der Waals surface area contributed by atoms with Crippen molar-refractivity contribution in [3.8, 4) is 11.5 Å². The molecule has 4 rings (SSSR count). The van der Waals surface area contributed by atoms with Crippen LogP contribution in [-0.2, 0) is 0 Å². The van der Waals surface area contributed by atoms with Gasteiger partial charge in [-0.05, 0) is 55.2 Å². The molecule has 1 saturated heterocycles. The Morgan fingerprint density at radius 1 is 1.13 bits per heavy atom. The summed E-state index contributed by atoms with van der Waals surface area (Å²) >= 11 is 0. The van der Waals surface area contributed by atoms with Gasteiger partial charge in [-0.25, -0.2) is 0 Å². The van der Waals surface area contributed by atoms with E-state index in [1.54, 1.807) is 31.4 Å². The normalized spacial score (nSPS) is 16.6. The first-order chi connectivity index (χ1) is 15.2. The van der Waals surface area contributed by atoms with Crippen LogP contribution in [0.5, 0.6) is 11.5 Å². The van der Waals surface area contributed by atoms with Crippen molar-refractivity contribution in [1.29, 1.82) is 0 Å². The van der Waals surface area contributed by atoms with Crippen molar-refractivity contribution in [3.63, 3.8) is 0 Å². The van der Waals surface area contributed by atoms with Gasteiger partial charge in [0.25, 0.3) is 5.91 Å². The lowest BCUT2D eigenvalue weighted by Gasteiger charge is -2.36. The second-order valence-electron chi connectivity index (χ2n) is 8.20. The predicted octanol–water partition coefficient (Wildman–Crippen LogP) is 4.04. The Kier molecular flexibility index (Phi) is 6.77. The molecule has 0 bridgehead atoms. The number of methoxy groups -OCH3 is 1. The maximum Gasteiger partial charge on any atom is 0.255 e. The maximum absolute atomic E-state index is 12.8. The van der Waals surface area contributed by atoms with Crippen LogP contribution < -0.4 is 19.7 Å². The second kappa shape index (κ2) is 9.88. The van der Waals surface area contributed by atoms with Crippen molar-refractivity contribution in [2.45, 2.75) is 12.8 Å². The van der Waals surface area contributed by atoms with Crippen LogP contribution in [0, 0.1) is 5.92 Å². The maximum atomic E-state index is 12.8. The molecule has 1 aliphatic heterocycles. The molecule has 1 saturated carbocycles. The minimum atomic E-state index is -0.181. The number of rotatable bonds is 9. The van der Waals surface area contributed by atoms with E-state index in [-0.39, 0.29) is 5.91 Å². The highest BCUT2D eigenvalue weighted by Gasteiger charge is 2.26. The van der Waals surface area contributed by atoms with Gasteiger partial charge in [0.2, 0.25) is 0 Å². The van der Waals surface area contributed by atoms with Gasteiger partial charge in [-0.2, -0.15) is 0 Å². The van der Waals surface area contributed by atoms with Gasteiger partial charge in [0.15, 0.2) is 11.5 Å². The molecule has 0 aromatic heterocycles. The van der Waals surface area contributed by atoms with E-state index in [2.05, 4.69) is 27.8 Å². The summed E-state index contributed by atoms with van der Waals surface area (Å²) in [6.07, 6.45) is 4.47. The fourth-order valence-corrected chi connectivity index (χ4v) is 3.91. The van der Waals surface area contributed by atoms with Crippen LogP contribution >= 0.6 is 0 Å². The smallest absolute Gasteiger partial charge is 0.255 e. The van der Waals surface area contributed by atoms with E-state index in [4.69, 9.17) is 9.47 Å². The molecule has 1 amide bonds. The Morgan fingerprint density at radius 3 is 2.65 bits per heavy atom. The van der Waals surface area contributed by atoms with Crippen molar-refractivity contribution in [1.82, 2.24) is 4.90 Å². The zero-order chi connectivity index (χ0) is 21.6. The van der Waals surface area contributed by atoms with Gasteiger partial charge in [0.05, 0.1) is 7.11 Å². The average Bonchev–Trinajstić information content (AvgIpc) is 3.62. The van der Waals surface area contributed by atoms with Crippen LogP contribution in [0.2, 0.25) is 0 Å². The lowest BCUT2D eigenvalue weighted by atomic mass is 10.1. The summed E-state index contributed by atoms with van der Waals surface area (Å²) in [5.41, 5.74) is 2.45. The van der Waals surface area contributed by atoms with E-state index >= 15 is 0 Å². The molecule has 1 N–H and O–H groups in total. The monoisotopic (exact) mass is 421 g/mol. The van der Waals surface area contributed by atoms with Crippen molar-refractivity contribution < 1.29 is 14.3 Å². The Morgan fingerprint density at radius 2 is 1.94 bits per heavy atom. The molecule has 0 radical (unpaired) electrons. The minimum absolute atomic E-state index is 0.181. The van der Waals surface area contributed by atoms with Gasteiger partial charge in [-0.15, -0.1) is 0 Å². The first-order valence-corrected chi connectivity index (χ1v) is 11.0. The number of hydrogen-bond acceptors (Lipinski definition) is 5. The lowest BCUT2D eigenvalue weighted by Crippen LogP contribution is -2.47. The molecule has 2 aromatic carbocycles. The quantitative estimate of drug-likeness (QED) is 0.619. The minimum Gasteiger partial charge on any atom is -0.493 e. The Bertz CT molecular complexity index is 918. The molecule has 164 valence electrons. The zero-order valence-electron chi connectivity index (χ0n) is 18.2. The number of amides is 1. The number of carbonyl (C=O) groups is 1. The average molecular weight is 422 g/mol. The first-order valence-electron chi connectivity index (χ1n) is 11.0. The third-order valence-corrected chi connectivity index (χ3v) is 5.84. The largest absolute Gasteiger partial charge is 0.493 e. The Balaban J connectivity index is 1.38. The third-order valence-electron chi connectivity index (χ3n) is 5.84. The molecule has 31 heavy (non-hydrogen) atoms. The highest BCUT2D eigenvalue weighted by Crippen LogP contribution is 2.31. The van der Waals surface area contributed by atoms with Crippen molar-refractivity contribution in [3.05, 3.63) is 60.7 Å². The molecule has 0 unspecified atom stereocenters. The highest BCUT2D eigenvalue weighted by atomic mass is 16.5. The van der Waals surface area contributed by atoms with Gasteiger partial charge in [0, 0.05) is 49.7 Å². The van der Waals surface area contributed by atoms with E-state index in [0.29, 0.717) is 23.7 Å². The topological polar surface area (TPSA) is 54.0 Å². The summed E-state index contributed by atoms with van der Waals surface area (Å²) in [5, 5.41) is 3.01. The molecule has 6 heteroatoms. The van der Waals surface area contributed by atoms with Gasteiger partial charge in [-0.1, -0.05) is 18.7 Å². The van der Waals surface area contributed by atoms with Crippen LogP contribution in [0.15, 0.2) is 55.1 Å². The lowest BCUT2D eigenvalue weighted by molar-refractivity contribution is 0.102. The van der Waals surface area contributed by atoms with E-state index in [9.17, 15) is 4.79 Å². The molecule has 2 aromatic rings. The van der Waals surface area contributed by atoms with Gasteiger partial charge in [-0.3, -0.25) is 9.69 Å². The predicted molar refractivity (Wildman–Crippen MR) is 124 cm³/mol. The molecule has 1 heterocycles. The SMILES string of the molecule is C=CCOc1ccc(C(=O)Nc2cccc(N3CCN(CC4CC4)CC3)c2)cc1OC. The van der Waals surface area contributed by atoms with Gasteiger partial charge < -0.3 is 19.7 Å². The summed E-state index contributed by atoms with van der Waals surface area (Å²) in [6, 6.07) is 13.2. The van der Waals surface area contributed by atoms with Crippen molar-refractivity contribution in [2.24, 2.45) is 5.92 Å². The number of piperazine rings is 1. The van der Waals surface area contributed by atoms with Crippen LogP contribution in [-0.4, -0.2) is 57.2 Å². The number of benzene rings is 2. The van der Waals surface area contributed by atoms with Crippen LogP contribution in [0.25, 0.3) is 0 Å². The highest BCUT2D eigenvalue weighted by molar-refractivity contribution is 6.04. The number of ether oxygens (including phenoxy) is 2. The number of nitrogens with one attached hydrogen (secondary N) is 1. The Labute approximate surface area is 184 Å². The summed E-state index contributed by atoms with van der Waals surface area (Å²) in [4.78, 5) is 17.8. The first kappa shape index (κ1) is 21.2. The standard InChI is InChI=1S/C25H31N3O3/c1-3-15-31-23-10-9-20(16-24(23)30-2)25(29)26-21-5-4-6-22(17-21)28-13-11-27(12-14-28)18-19-7-8-19/h3-6,9-10,16-17,19H,1,7-8,11-15,18H2,2H3,(H,26,29). The molecule has 2 fully saturated rings. The molecule has 0 spiro atoms. The van der Waals surface area contributed by atoms with E-state index in [1.807, 2.05) is 18.2 Å². The van der Waals surface area contributed by atoms with Gasteiger partial charge >= 0.3 is 0 Å². The summed E-state index contributed by atoms with van der Waals surface area (Å²) in [5.74, 6) is 1.86. The second-order valence-corrected chi connectivity index (χ2v) is 8.20.